The van der Waals surface area contributed by atoms with E-state index in [4.69, 9.17) is 0 Å². The second-order valence-electron chi connectivity index (χ2n) is 6.12. The number of hydrogen-bond acceptors (Lipinski definition) is 4. The average Bonchev–Trinajstić information content (AvgIpc) is 3.34. The van der Waals surface area contributed by atoms with Gasteiger partial charge < -0.3 is 15.1 Å². The van der Waals surface area contributed by atoms with Crippen molar-refractivity contribution < 1.29 is 4.79 Å². The van der Waals surface area contributed by atoms with Gasteiger partial charge in [0.2, 0.25) is 0 Å². The van der Waals surface area contributed by atoms with Gasteiger partial charge in [0.25, 0.3) is 5.56 Å². The maximum absolute atomic E-state index is 12.1. The van der Waals surface area contributed by atoms with Crippen LogP contribution in [0.15, 0.2) is 16.9 Å². The van der Waals surface area contributed by atoms with Crippen LogP contribution in [0.4, 0.5) is 4.79 Å². The summed E-state index contributed by atoms with van der Waals surface area (Å²) in [6, 6.07) is 3.34. The number of carbonyl (C=O) groups excluding carboxylic acids is 1. The summed E-state index contributed by atoms with van der Waals surface area (Å²) >= 11 is 0. The van der Waals surface area contributed by atoms with E-state index in [0.717, 1.165) is 44.7 Å². The monoisotopic (exact) mass is 305 g/mol. The Kier molecular flexibility index (Phi) is 4.42. The highest BCUT2D eigenvalue weighted by Gasteiger charge is 2.25. The van der Waals surface area contributed by atoms with Gasteiger partial charge in [-0.2, -0.15) is 5.10 Å². The predicted molar refractivity (Wildman–Crippen MR) is 82.9 cm³/mol. The number of rotatable bonds is 4. The minimum atomic E-state index is -0.113. The van der Waals surface area contributed by atoms with Gasteiger partial charge in [-0.3, -0.25) is 4.79 Å². The third kappa shape index (κ3) is 3.65. The summed E-state index contributed by atoms with van der Waals surface area (Å²) in [6.45, 7) is 4.14. The quantitative estimate of drug-likeness (QED) is 0.855. The molecule has 120 valence electrons. The molecule has 3 rings (SSSR count). The standard InChI is InChI=1S/C15H23N5O2/c1-18-8-10-19(11-9-18)15(22)16-6-7-20-14(21)5-4-13(17-20)12-2-3-12/h4-5,12H,2-3,6-11H2,1H3,(H,16,22). The summed E-state index contributed by atoms with van der Waals surface area (Å²) < 4.78 is 1.46. The zero-order valence-corrected chi connectivity index (χ0v) is 13.0. The number of carbonyl (C=O) groups is 1. The first-order valence-electron chi connectivity index (χ1n) is 7.93. The third-order valence-corrected chi connectivity index (χ3v) is 4.27. The van der Waals surface area contributed by atoms with Crippen molar-refractivity contribution >= 4 is 6.03 Å². The minimum Gasteiger partial charge on any atom is -0.336 e. The molecule has 2 aliphatic rings. The minimum absolute atomic E-state index is 0.0560. The molecule has 1 saturated heterocycles. The first kappa shape index (κ1) is 15.0. The largest absolute Gasteiger partial charge is 0.336 e. The van der Waals surface area contributed by atoms with Crippen LogP contribution in [0, 0.1) is 0 Å². The van der Waals surface area contributed by atoms with Crippen molar-refractivity contribution in [3.05, 3.63) is 28.2 Å². The highest BCUT2D eigenvalue weighted by atomic mass is 16.2. The molecule has 0 bridgehead atoms. The molecule has 22 heavy (non-hydrogen) atoms. The first-order valence-corrected chi connectivity index (χ1v) is 7.93. The summed E-state index contributed by atoms with van der Waals surface area (Å²) in [5, 5.41) is 7.26. The fraction of sp³-hybridized carbons (Fsp3) is 0.667. The Bertz CT molecular complexity index is 588. The van der Waals surface area contributed by atoms with Crippen molar-refractivity contribution in [2.45, 2.75) is 25.3 Å². The smallest absolute Gasteiger partial charge is 0.317 e. The van der Waals surface area contributed by atoms with E-state index in [2.05, 4.69) is 22.4 Å². The molecule has 0 unspecified atom stereocenters. The lowest BCUT2D eigenvalue weighted by molar-refractivity contribution is 0.154. The van der Waals surface area contributed by atoms with Crippen molar-refractivity contribution in [2.75, 3.05) is 39.8 Å². The van der Waals surface area contributed by atoms with Crippen molar-refractivity contribution in [3.63, 3.8) is 0 Å². The van der Waals surface area contributed by atoms with Crippen LogP contribution in [0.25, 0.3) is 0 Å². The Labute approximate surface area is 129 Å². The van der Waals surface area contributed by atoms with Gasteiger partial charge in [-0.05, 0) is 26.0 Å². The Balaban J connectivity index is 1.49. The predicted octanol–water partition coefficient (Wildman–Crippen LogP) is 0.0777. The number of aromatic nitrogens is 2. The topological polar surface area (TPSA) is 70.5 Å². The van der Waals surface area contributed by atoms with E-state index in [1.165, 1.54) is 4.68 Å². The van der Waals surface area contributed by atoms with Gasteiger partial charge in [-0.1, -0.05) is 0 Å². The molecule has 1 aliphatic carbocycles. The van der Waals surface area contributed by atoms with Crippen LogP contribution in [0.2, 0.25) is 0 Å². The maximum atomic E-state index is 12.1. The Morgan fingerprint density at radius 3 is 2.68 bits per heavy atom. The molecule has 1 aromatic rings. The van der Waals surface area contributed by atoms with E-state index in [1.807, 2.05) is 11.0 Å². The third-order valence-electron chi connectivity index (χ3n) is 4.27. The number of likely N-dealkylation sites (N-methyl/N-ethyl adjacent to an activating group) is 1. The lowest BCUT2D eigenvalue weighted by atomic mass is 10.3. The molecule has 1 N–H and O–H groups in total. The fourth-order valence-corrected chi connectivity index (χ4v) is 2.61. The van der Waals surface area contributed by atoms with E-state index in [0.29, 0.717) is 19.0 Å². The van der Waals surface area contributed by atoms with E-state index < -0.39 is 0 Å². The molecule has 0 spiro atoms. The molecule has 2 heterocycles. The molecule has 0 atom stereocenters. The molecule has 2 fully saturated rings. The van der Waals surface area contributed by atoms with Crippen molar-refractivity contribution in [2.24, 2.45) is 0 Å². The van der Waals surface area contributed by atoms with Gasteiger partial charge >= 0.3 is 6.03 Å². The lowest BCUT2D eigenvalue weighted by Gasteiger charge is -2.32. The summed E-state index contributed by atoms with van der Waals surface area (Å²) in [5.74, 6) is 0.520. The van der Waals surface area contributed by atoms with Crippen LogP contribution >= 0.6 is 0 Å². The van der Waals surface area contributed by atoms with Crippen LogP contribution in [0.3, 0.4) is 0 Å². The number of nitrogens with zero attached hydrogens (tertiary/aromatic N) is 4. The van der Waals surface area contributed by atoms with Gasteiger partial charge in [-0.25, -0.2) is 9.48 Å². The molecule has 7 nitrogen and oxygen atoms in total. The average molecular weight is 305 g/mol. The molecule has 1 saturated carbocycles. The second-order valence-corrected chi connectivity index (χ2v) is 6.12. The number of hydrogen-bond donors (Lipinski definition) is 1. The lowest BCUT2D eigenvalue weighted by Crippen LogP contribution is -2.51. The van der Waals surface area contributed by atoms with E-state index >= 15 is 0 Å². The second kappa shape index (κ2) is 6.48. The Morgan fingerprint density at radius 2 is 2.00 bits per heavy atom. The Morgan fingerprint density at radius 1 is 1.27 bits per heavy atom. The summed E-state index contributed by atoms with van der Waals surface area (Å²) in [4.78, 5) is 27.9. The highest BCUT2D eigenvalue weighted by Crippen LogP contribution is 2.38. The first-order chi connectivity index (χ1) is 10.6. The molecule has 1 aromatic heterocycles. The molecule has 0 radical (unpaired) electrons. The summed E-state index contributed by atoms with van der Waals surface area (Å²) in [6.07, 6.45) is 2.32. The van der Waals surface area contributed by atoms with Crippen LogP contribution in [0.5, 0.6) is 0 Å². The van der Waals surface area contributed by atoms with Gasteiger partial charge in [0.05, 0.1) is 12.2 Å². The number of amides is 2. The number of urea groups is 1. The van der Waals surface area contributed by atoms with Gasteiger partial charge in [0.15, 0.2) is 0 Å². The van der Waals surface area contributed by atoms with E-state index in [9.17, 15) is 9.59 Å². The van der Waals surface area contributed by atoms with Gasteiger partial charge in [-0.15, -0.1) is 0 Å². The molecule has 1 aliphatic heterocycles. The SMILES string of the molecule is CN1CCN(C(=O)NCCn2nc(C3CC3)ccc2=O)CC1. The van der Waals surface area contributed by atoms with Crippen LogP contribution in [-0.2, 0) is 6.54 Å². The van der Waals surface area contributed by atoms with Crippen LogP contribution < -0.4 is 10.9 Å². The van der Waals surface area contributed by atoms with Crippen LogP contribution in [0.1, 0.15) is 24.5 Å². The van der Waals surface area contributed by atoms with Gasteiger partial charge in [0.1, 0.15) is 0 Å². The normalized spacial score (nSPS) is 19.2. The van der Waals surface area contributed by atoms with Crippen molar-refractivity contribution in [1.29, 1.82) is 0 Å². The number of piperazine rings is 1. The number of nitrogens with one attached hydrogen (secondary N) is 1. The molecule has 2 amide bonds. The fourth-order valence-electron chi connectivity index (χ4n) is 2.61. The molecule has 7 heteroatoms. The highest BCUT2D eigenvalue weighted by molar-refractivity contribution is 5.74. The molecule has 0 aromatic carbocycles. The van der Waals surface area contributed by atoms with Crippen molar-refractivity contribution in [3.8, 4) is 0 Å². The summed E-state index contributed by atoms with van der Waals surface area (Å²) in [5.41, 5.74) is 0.878. The summed E-state index contributed by atoms with van der Waals surface area (Å²) in [7, 11) is 2.06. The molecular weight excluding hydrogens is 282 g/mol. The van der Waals surface area contributed by atoms with E-state index in [-0.39, 0.29) is 11.6 Å². The Hall–Kier alpha value is -1.89. The molecular formula is C15H23N5O2. The zero-order valence-electron chi connectivity index (χ0n) is 13.0. The zero-order chi connectivity index (χ0) is 15.5. The van der Waals surface area contributed by atoms with Crippen LogP contribution in [-0.4, -0.2) is 65.4 Å². The van der Waals surface area contributed by atoms with E-state index in [1.54, 1.807) is 6.07 Å². The van der Waals surface area contributed by atoms with Gasteiger partial charge in [0, 0.05) is 44.7 Å². The maximum Gasteiger partial charge on any atom is 0.317 e. The van der Waals surface area contributed by atoms with Crippen molar-refractivity contribution in [1.82, 2.24) is 24.9 Å².